The smallest absolute Gasteiger partial charge is 0.313 e. The Morgan fingerprint density at radius 1 is 1.16 bits per heavy atom. The average Bonchev–Trinajstić information content (AvgIpc) is 2.59. The van der Waals surface area contributed by atoms with E-state index in [0.29, 0.717) is 18.8 Å². The summed E-state index contributed by atoms with van der Waals surface area (Å²) in [4.78, 5) is 33.6. The molecule has 0 fully saturated rings. The van der Waals surface area contributed by atoms with Crippen LogP contribution in [0.4, 0.5) is 5.69 Å². The summed E-state index contributed by atoms with van der Waals surface area (Å²) in [6.45, 7) is 3.13. The molecule has 0 spiro atoms. The van der Waals surface area contributed by atoms with Gasteiger partial charge in [0.05, 0.1) is 17.1 Å². The number of carbonyl (C=O) groups is 2. The molecule has 0 aliphatic carbocycles. The molecule has 1 aromatic rings. The van der Waals surface area contributed by atoms with E-state index in [-0.39, 0.29) is 12.3 Å². The third kappa shape index (κ3) is 8.76. The fourth-order valence-electron chi connectivity index (χ4n) is 2.00. The minimum absolute atomic E-state index is 0.102. The van der Waals surface area contributed by atoms with Crippen molar-refractivity contribution in [3.8, 4) is 0 Å². The molecule has 0 radical (unpaired) electrons. The van der Waals surface area contributed by atoms with Crippen molar-refractivity contribution in [3.05, 3.63) is 46.0 Å². The minimum atomic E-state index is -0.644. The molecule has 1 aromatic carbocycles. The molecular weight excluding hydrogens is 326 g/mol. The number of allylic oxidation sites excluding steroid dienone is 1. The summed E-state index contributed by atoms with van der Waals surface area (Å²) in [6.07, 6.45) is 5.24. The Balaban J connectivity index is 2.32. The maximum Gasteiger partial charge on any atom is 0.313 e. The SMILES string of the molecule is CCCCCOCCOC(=O)CC(=O)C=Cc1ccccc1[N+](=O)[O-]. The summed E-state index contributed by atoms with van der Waals surface area (Å²) in [5, 5.41) is 10.9. The third-order valence-corrected chi connectivity index (χ3v) is 3.28. The van der Waals surface area contributed by atoms with Crippen molar-refractivity contribution in [2.24, 2.45) is 0 Å². The number of ether oxygens (including phenoxy) is 2. The van der Waals surface area contributed by atoms with Gasteiger partial charge in [-0.05, 0) is 24.6 Å². The van der Waals surface area contributed by atoms with Crippen LogP contribution in [0.25, 0.3) is 6.08 Å². The molecule has 0 aliphatic rings. The van der Waals surface area contributed by atoms with E-state index in [1.165, 1.54) is 18.2 Å². The van der Waals surface area contributed by atoms with Gasteiger partial charge in [-0.15, -0.1) is 0 Å². The van der Waals surface area contributed by atoms with Gasteiger partial charge in [0.1, 0.15) is 13.0 Å². The van der Waals surface area contributed by atoms with E-state index < -0.39 is 23.1 Å². The second kappa shape index (κ2) is 11.9. The van der Waals surface area contributed by atoms with Gasteiger partial charge >= 0.3 is 5.97 Å². The first-order chi connectivity index (χ1) is 12.0. The number of nitro benzene ring substituents is 1. The summed E-state index contributed by atoms with van der Waals surface area (Å²) in [5.41, 5.74) is 0.198. The van der Waals surface area contributed by atoms with Gasteiger partial charge in [0, 0.05) is 12.7 Å². The van der Waals surface area contributed by atoms with E-state index in [1.807, 2.05) is 0 Å². The average molecular weight is 349 g/mol. The standard InChI is InChI=1S/C18H23NO6/c1-2-3-6-11-24-12-13-25-18(21)14-16(20)10-9-15-7-4-5-8-17(15)19(22)23/h4-5,7-10H,2-3,6,11-14H2,1H3. The molecule has 0 amide bonds. The number of unbranched alkanes of at least 4 members (excludes halogenated alkanes) is 2. The molecule has 1 rings (SSSR count). The van der Waals surface area contributed by atoms with Crippen LogP contribution < -0.4 is 0 Å². The summed E-state index contributed by atoms with van der Waals surface area (Å²) < 4.78 is 10.2. The summed E-state index contributed by atoms with van der Waals surface area (Å²) in [5.74, 6) is -1.12. The van der Waals surface area contributed by atoms with Crippen LogP contribution in [0, 0.1) is 10.1 Å². The maximum atomic E-state index is 11.7. The summed E-state index contributed by atoms with van der Waals surface area (Å²) in [7, 11) is 0. The van der Waals surface area contributed by atoms with E-state index in [1.54, 1.807) is 12.1 Å². The summed E-state index contributed by atoms with van der Waals surface area (Å²) >= 11 is 0. The molecule has 7 heteroatoms. The van der Waals surface area contributed by atoms with Crippen LogP contribution in [0.2, 0.25) is 0 Å². The number of esters is 1. The van der Waals surface area contributed by atoms with Crippen LogP contribution in [0.1, 0.15) is 38.2 Å². The number of ketones is 1. The molecule has 136 valence electrons. The number of para-hydroxylation sites is 1. The lowest BCUT2D eigenvalue weighted by molar-refractivity contribution is -0.385. The maximum absolute atomic E-state index is 11.7. The van der Waals surface area contributed by atoms with Gasteiger partial charge in [-0.25, -0.2) is 0 Å². The number of hydrogen-bond donors (Lipinski definition) is 0. The Morgan fingerprint density at radius 2 is 1.92 bits per heavy atom. The molecule has 0 aliphatic heterocycles. The lowest BCUT2D eigenvalue weighted by Crippen LogP contribution is -2.13. The first-order valence-corrected chi connectivity index (χ1v) is 8.22. The van der Waals surface area contributed by atoms with Crippen molar-refractivity contribution in [1.82, 2.24) is 0 Å². The summed E-state index contributed by atoms with van der Waals surface area (Å²) in [6, 6.07) is 6.04. The predicted molar refractivity (Wildman–Crippen MR) is 93.1 cm³/mol. The number of nitrogens with zero attached hydrogens (tertiary/aromatic N) is 1. The molecule has 7 nitrogen and oxygen atoms in total. The number of benzene rings is 1. The third-order valence-electron chi connectivity index (χ3n) is 3.28. The largest absolute Gasteiger partial charge is 0.463 e. The minimum Gasteiger partial charge on any atom is -0.463 e. The zero-order valence-electron chi connectivity index (χ0n) is 14.3. The second-order valence-electron chi connectivity index (χ2n) is 5.33. The van der Waals surface area contributed by atoms with Crippen molar-refractivity contribution in [3.63, 3.8) is 0 Å². The zero-order chi connectivity index (χ0) is 18.5. The van der Waals surface area contributed by atoms with Crippen LogP contribution in [0.3, 0.4) is 0 Å². The van der Waals surface area contributed by atoms with Crippen molar-refractivity contribution in [2.75, 3.05) is 19.8 Å². The van der Waals surface area contributed by atoms with Gasteiger partial charge in [0.2, 0.25) is 0 Å². The van der Waals surface area contributed by atoms with Crippen LogP contribution in [-0.4, -0.2) is 36.5 Å². The van der Waals surface area contributed by atoms with Crippen molar-refractivity contribution in [2.45, 2.75) is 32.6 Å². The Bertz CT molecular complexity index is 611. The van der Waals surface area contributed by atoms with E-state index in [4.69, 9.17) is 9.47 Å². The molecule has 0 unspecified atom stereocenters. The quantitative estimate of drug-likeness (QED) is 0.143. The van der Waals surface area contributed by atoms with Gasteiger partial charge in [-0.1, -0.05) is 31.9 Å². The molecule has 0 aromatic heterocycles. The zero-order valence-corrected chi connectivity index (χ0v) is 14.3. The Kier molecular flexibility index (Phi) is 9.77. The van der Waals surface area contributed by atoms with E-state index in [9.17, 15) is 19.7 Å². The highest BCUT2D eigenvalue weighted by Crippen LogP contribution is 2.18. The highest BCUT2D eigenvalue weighted by Gasteiger charge is 2.11. The predicted octanol–water partition coefficient (Wildman–Crippen LogP) is 3.32. The number of rotatable bonds is 12. The fraction of sp³-hybridized carbons (Fsp3) is 0.444. The second-order valence-corrected chi connectivity index (χ2v) is 5.33. The fourth-order valence-corrected chi connectivity index (χ4v) is 2.00. The number of carbonyl (C=O) groups excluding carboxylic acids is 2. The van der Waals surface area contributed by atoms with Gasteiger partial charge in [-0.3, -0.25) is 19.7 Å². The van der Waals surface area contributed by atoms with Crippen molar-refractivity contribution < 1.29 is 24.0 Å². The molecule has 0 heterocycles. The Morgan fingerprint density at radius 3 is 2.64 bits per heavy atom. The van der Waals surface area contributed by atoms with Gasteiger partial charge in [0.25, 0.3) is 5.69 Å². The van der Waals surface area contributed by atoms with E-state index >= 15 is 0 Å². The first kappa shape index (κ1) is 20.5. The Labute approximate surface area is 146 Å². The Hall–Kier alpha value is -2.54. The highest BCUT2D eigenvalue weighted by molar-refractivity contribution is 6.04. The molecule has 0 N–H and O–H groups in total. The highest BCUT2D eigenvalue weighted by atomic mass is 16.6. The van der Waals surface area contributed by atoms with Gasteiger partial charge in [0.15, 0.2) is 5.78 Å². The molecule has 0 atom stereocenters. The molecule has 25 heavy (non-hydrogen) atoms. The number of nitro groups is 1. The van der Waals surface area contributed by atoms with Crippen molar-refractivity contribution in [1.29, 1.82) is 0 Å². The molecule has 0 saturated heterocycles. The monoisotopic (exact) mass is 349 g/mol. The molecular formula is C18H23NO6. The van der Waals surface area contributed by atoms with Crippen LogP contribution in [0.15, 0.2) is 30.3 Å². The topological polar surface area (TPSA) is 95.7 Å². The van der Waals surface area contributed by atoms with Crippen LogP contribution >= 0.6 is 0 Å². The van der Waals surface area contributed by atoms with E-state index in [2.05, 4.69) is 6.92 Å². The molecule has 0 bridgehead atoms. The first-order valence-electron chi connectivity index (χ1n) is 8.22. The number of hydrogen-bond acceptors (Lipinski definition) is 6. The van der Waals surface area contributed by atoms with Gasteiger partial charge in [-0.2, -0.15) is 0 Å². The van der Waals surface area contributed by atoms with Crippen molar-refractivity contribution >= 4 is 23.5 Å². The van der Waals surface area contributed by atoms with Crippen LogP contribution in [-0.2, 0) is 19.1 Å². The van der Waals surface area contributed by atoms with Crippen LogP contribution in [0.5, 0.6) is 0 Å². The lowest BCUT2D eigenvalue weighted by atomic mass is 10.1. The van der Waals surface area contributed by atoms with E-state index in [0.717, 1.165) is 25.3 Å². The normalized spacial score (nSPS) is 10.8. The molecule has 0 saturated carbocycles. The lowest BCUT2D eigenvalue weighted by Gasteiger charge is -2.05. The van der Waals surface area contributed by atoms with Gasteiger partial charge < -0.3 is 9.47 Å².